The Balaban J connectivity index is 1.93. The van der Waals surface area contributed by atoms with Crippen molar-refractivity contribution in [3.8, 4) is 5.75 Å². The van der Waals surface area contributed by atoms with Gasteiger partial charge in [-0.2, -0.15) is 0 Å². The lowest BCUT2D eigenvalue weighted by molar-refractivity contribution is -0.145. The molecule has 1 N–H and O–H groups in total. The second-order valence-corrected chi connectivity index (χ2v) is 10.7. The summed E-state index contributed by atoms with van der Waals surface area (Å²) < 4.78 is 5.57. The van der Waals surface area contributed by atoms with E-state index in [1.165, 1.54) is 30.5 Å². The van der Waals surface area contributed by atoms with Gasteiger partial charge in [0.2, 0.25) is 0 Å². The summed E-state index contributed by atoms with van der Waals surface area (Å²) in [5.41, 5.74) is -3.26. The van der Waals surface area contributed by atoms with Gasteiger partial charge in [-0.15, -0.1) is 11.3 Å². The maximum absolute atomic E-state index is 14.1. The zero-order valence-electron chi connectivity index (χ0n) is 19.7. The van der Waals surface area contributed by atoms with Crippen molar-refractivity contribution < 1.29 is 29.1 Å². The Labute approximate surface area is 201 Å². The molecule has 2 fully saturated rings. The minimum atomic E-state index is -1.89. The van der Waals surface area contributed by atoms with E-state index in [2.05, 4.69) is 10.1 Å². The number of aliphatic carboxylic acids is 1. The van der Waals surface area contributed by atoms with Crippen molar-refractivity contribution in [2.75, 3.05) is 14.2 Å². The molecule has 34 heavy (non-hydrogen) atoms. The first-order valence-electron chi connectivity index (χ1n) is 10.7. The Bertz CT molecular complexity index is 1170. The monoisotopic (exact) mass is 485 g/mol. The molecule has 1 amide bonds. The summed E-state index contributed by atoms with van der Waals surface area (Å²) in [4.78, 5) is 49.7. The first-order valence-corrected chi connectivity index (χ1v) is 11.6. The van der Waals surface area contributed by atoms with Crippen molar-refractivity contribution >= 4 is 35.7 Å². The molecule has 180 valence electrons. The number of piperidine rings is 1. The zero-order valence-corrected chi connectivity index (χ0v) is 20.5. The highest BCUT2D eigenvalue weighted by atomic mass is 32.1. The molecule has 0 spiro atoms. The van der Waals surface area contributed by atoms with E-state index in [1.807, 2.05) is 26.8 Å². The van der Waals surface area contributed by atoms with E-state index in [0.29, 0.717) is 10.8 Å². The number of oxime groups is 1. The van der Waals surface area contributed by atoms with Crippen LogP contribution in [0.15, 0.2) is 34.9 Å². The Hall–Kier alpha value is -3.27. The van der Waals surface area contributed by atoms with Crippen molar-refractivity contribution in [3.63, 3.8) is 0 Å². The molecule has 0 bridgehead atoms. The molecule has 1 saturated carbocycles. The normalized spacial score (nSPS) is 28.0. The fourth-order valence-electron chi connectivity index (χ4n) is 5.21. The van der Waals surface area contributed by atoms with Gasteiger partial charge in [0.05, 0.1) is 18.7 Å². The summed E-state index contributed by atoms with van der Waals surface area (Å²) in [5.74, 6) is -1.34. The number of benzene rings is 1. The number of amides is 1. The molecule has 2 aromatic rings. The highest BCUT2D eigenvalue weighted by Crippen LogP contribution is 2.75. The van der Waals surface area contributed by atoms with Gasteiger partial charge in [0.1, 0.15) is 29.7 Å². The Kier molecular flexibility index (Phi) is 5.55. The third kappa shape index (κ3) is 3.15. The SMILES string of the molecule is CO/N=C/C1(C(=O)O)CC2(C=O)CC2(c2nccs2)N1C(=O)c1ccc(C(C)(C)C)c(OC)c1. The van der Waals surface area contributed by atoms with Gasteiger partial charge in [-0.25, -0.2) is 9.78 Å². The van der Waals surface area contributed by atoms with E-state index in [1.54, 1.807) is 23.7 Å². The van der Waals surface area contributed by atoms with Gasteiger partial charge >= 0.3 is 5.97 Å². The molecule has 1 aromatic heterocycles. The third-order valence-corrected chi connectivity index (χ3v) is 7.77. The highest BCUT2D eigenvalue weighted by Gasteiger charge is 2.85. The van der Waals surface area contributed by atoms with Gasteiger partial charge < -0.3 is 24.4 Å². The molecule has 3 atom stereocenters. The van der Waals surface area contributed by atoms with E-state index in [4.69, 9.17) is 9.57 Å². The molecule has 1 aliphatic carbocycles. The second-order valence-electron chi connectivity index (χ2n) is 9.78. The largest absolute Gasteiger partial charge is 0.496 e. The summed E-state index contributed by atoms with van der Waals surface area (Å²) in [6.45, 7) is 6.09. The Morgan fingerprint density at radius 1 is 1.26 bits per heavy atom. The average molecular weight is 486 g/mol. The lowest BCUT2D eigenvalue weighted by Crippen LogP contribution is -2.59. The van der Waals surface area contributed by atoms with Crippen molar-refractivity contribution in [3.05, 3.63) is 45.9 Å². The van der Waals surface area contributed by atoms with E-state index in [0.717, 1.165) is 18.1 Å². The predicted molar refractivity (Wildman–Crippen MR) is 125 cm³/mol. The number of likely N-dealkylation sites (tertiary alicyclic amines) is 1. The number of hydrogen-bond acceptors (Lipinski definition) is 8. The van der Waals surface area contributed by atoms with E-state index >= 15 is 0 Å². The van der Waals surface area contributed by atoms with Gasteiger partial charge in [-0.3, -0.25) is 4.79 Å². The average Bonchev–Trinajstić information content (AvgIpc) is 3.12. The molecule has 9 nitrogen and oxygen atoms in total. The number of nitrogens with zero attached hydrogens (tertiary/aromatic N) is 3. The number of ether oxygens (including phenoxy) is 1. The number of aldehydes is 1. The molecule has 1 aromatic carbocycles. The smallest absolute Gasteiger partial charge is 0.335 e. The predicted octanol–water partition coefficient (Wildman–Crippen LogP) is 3.24. The van der Waals surface area contributed by atoms with Crippen LogP contribution in [0.5, 0.6) is 5.75 Å². The van der Waals surface area contributed by atoms with Gasteiger partial charge in [-0.05, 0) is 29.5 Å². The fraction of sp³-hybridized carbons (Fsp3) is 0.458. The summed E-state index contributed by atoms with van der Waals surface area (Å²) in [7, 11) is 2.81. The number of rotatable bonds is 7. The van der Waals surface area contributed by atoms with E-state index in [9.17, 15) is 19.5 Å². The maximum atomic E-state index is 14.1. The maximum Gasteiger partial charge on any atom is 0.335 e. The van der Waals surface area contributed by atoms with Crippen molar-refractivity contribution in [2.45, 2.75) is 50.1 Å². The number of fused-ring (bicyclic) bond motifs is 1. The van der Waals surface area contributed by atoms with Gasteiger partial charge in [-0.1, -0.05) is 32.0 Å². The first kappa shape index (κ1) is 23.9. The highest BCUT2D eigenvalue weighted by molar-refractivity contribution is 7.09. The van der Waals surface area contributed by atoms with Crippen LogP contribution in [0.4, 0.5) is 0 Å². The van der Waals surface area contributed by atoms with Crippen molar-refractivity contribution in [1.29, 1.82) is 0 Å². The Morgan fingerprint density at radius 3 is 2.53 bits per heavy atom. The standard InChI is InChI=1S/C24H27N3O6S/c1-21(2,3)16-7-6-15(10-17(16)32-4)18(29)27-23(20(30)31,13-26-33-5)11-22(14-28)12-24(22,27)19-25-8-9-34-19/h6-10,13-14H,11-12H2,1-5H3,(H,30,31)/b26-13+. The molecular formula is C24H27N3O6S. The van der Waals surface area contributed by atoms with Gasteiger partial charge in [0, 0.05) is 23.6 Å². The fourth-order valence-corrected chi connectivity index (χ4v) is 6.15. The molecule has 1 aliphatic heterocycles. The summed E-state index contributed by atoms with van der Waals surface area (Å²) >= 11 is 1.28. The van der Waals surface area contributed by atoms with Crippen LogP contribution >= 0.6 is 11.3 Å². The first-order chi connectivity index (χ1) is 16.0. The molecule has 4 rings (SSSR count). The summed E-state index contributed by atoms with van der Waals surface area (Å²) in [5, 5.41) is 16.4. The van der Waals surface area contributed by atoms with Crippen LogP contribution in [0.3, 0.4) is 0 Å². The van der Waals surface area contributed by atoms with Gasteiger partial charge in [0.15, 0.2) is 5.54 Å². The minimum absolute atomic E-state index is 0.131. The van der Waals surface area contributed by atoms with Crippen molar-refractivity contribution in [2.24, 2.45) is 10.6 Å². The molecule has 10 heteroatoms. The van der Waals surface area contributed by atoms with Crippen LogP contribution < -0.4 is 4.74 Å². The third-order valence-electron chi connectivity index (χ3n) is 6.85. The quantitative estimate of drug-likeness (QED) is 0.363. The number of hydrogen-bond donors (Lipinski definition) is 1. The van der Waals surface area contributed by atoms with Crippen LogP contribution in [0.25, 0.3) is 0 Å². The molecule has 2 heterocycles. The lowest BCUT2D eigenvalue weighted by Gasteiger charge is -2.38. The van der Waals surface area contributed by atoms with Crippen LogP contribution in [0.1, 0.15) is 54.5 Å². The molecule has 3 unspecified atom stereocenters. The molecule has 2 aliphatic rings. The number of aromatic nitrogens is 1. The number of carbonyl (C=O) groups is 3. The molecule has 0 radical (unpaired) electrons. The molecular weight excluding hydrogens is 458 g/mol. The van der Waals surface area contributed by atoms with Crippen LogP contribution in [0.2, 0.25) is 0 Å². The minimum Gasteiger partial charge on any atom is -0.496 e. The number of carbonyl (C=O) groups excluding carboxylic acids is 2. The van der Waals surface area contributed by atoms with Crippen LogP contribution in [0, 0.1) is 5.41 Å². The lowest BCUT2D eigenvalue weighted by atomic mass is 9.85. The number of methoxy groups -OCH3 is 1. The van der Waals surface area contributed by atoms with Crippen molar-refractivity contribution in [1.82, 2.24) is 9.88 Å². The second kappa shape index (κ2) is 7.90. The summed E-state index contributed by atoms with van der Waals surface area (Å²) in [6.07, 6.45) is 3.59. The summed E-state index contributed by atoms with van der Waals surface area (Å²) in [6, 6.07) is 5.08. The molecule has 1 saturated heterocycles. The number of carboxylic acids is 1. The topological polar surface area (TPSA) is 118 Å². The number of thiazole rings is 1. The number of carboxylic acid groups (broad SMARTS) is 1. The van der Waals surface area contributed by atoms with Gasteiger partial charge in [0.25, 0.3) is 5.91 Å². The van der Waals surface area contributed by atoms with Crippen LogP contribution in [-0.4, -0.2) is 59.1 Å². The van der Waals surface area contributed by atoms with E-state index < -0.39 is 28.4 Å². The zero-order chi connectivity index (χ0) is 24.9. The Morgan fingerprint density at radius 2 is 2.00 bits per heavy atom. The van der Waals surface area contributed by atoms with Crippen LogP contribution in [-0.2, 0) is 25.4 Å². The van der Waals surface area contributed by atoms with E-state index in [-0.39, 0.29) is 23.8 Å².